The Morgan fingerprint density at radius 1 is 1.36 bits per heavy atom. The minimum atomic E-state index is -0.0157. The van der Waals surface area contributed by atoms with Crippen molar-refractivity contribution >= 4 is 5.97 Å². The summed E-state index contributed by atoms with van der Waals surface area (Å²) in [6, 6.07) is 0. The zero-order chi connectivity index (χ0) is 10.4. The van der Waals surface area contributed by atoms with E-state index >= 15 is 0 Å². The Balaban J connectivity index is 2.24. The molecule has 2 heteroatoms. The van der Waals surface area contributed by atoms with Crippen molar-refractivity contribution in [2.45, 2.75) is 52.4 Å². The monoisotopic (exact) mass is 198 g/mol. The van der Waals surface area contributed by atoms with E-state index in [2.05, 4.69) is 0 Å². The van der Waals surface area contributed by atoms with Crippen LogP contribution in [-0.4, -0.2) is 12.6 Å². The lowest BCUT2D eigenvalue weighted by Gasteiger charge is -2.23. The van der Waals surface area contributed by atoms with Gasteiger partial charge in [0.25, 0.3) is 0 Å². The number of esters is 1. The SMILES string of the molecule is CCOC(=O)C(C)CC1CCCCC1. The van der Waals surface area contributed by atoms with Crippen LogP contribution < -0.4 is 0 Å². The topological polar surface area (TPSA) is 26.3 Å². The lowest BCUT2D eigenvalue weighted by atomic mass is 9.83. The maximum atomic E-state index is 11.4. The lowest BCUT2D eigenvalue weighted by molar-refractivity contribution is -0.148. The summed E-state index contributed by atoms with van der Waals surface area (Å²) in [4.78, 5) is 11.4. The molecule has 2 nitrogen and oxygen atoms in total. The molecule has 0 radical (unpaired) electrons. The molecule has 0 aromatic heterocycles. The van der Waals surface area contributed by atoms with Gasteiger partial charge >= 0.3 is 5.97 Å². The van der Waals surface area contributed by atoms with Gasteiger partial charge in [-0.2, -0.15) is 0 Å². The molecule has 1 unspecified atom stereocenters. The molecule has 0 heterocycles. The van der Waals surface area contributed by atoms with Gasteiger partial charge in [0.1, 0.15) is 0 Å². The van der Waals surface area contributed by atoms with Crippen molar-refractivity contribution in [2.75, 3.05) is 6.61 Å². The smallest absolute Gasteiger partial charge is 0.308 e. The highest BCUT2D eigenvalue weighted by molar-refractivity contribution is 5.71. The van der Waals surface area contributed by atoms with Gasteiger partial charge in [0.2, 0.25) is 0 Å². The third-order valence-corrected chi connectivity index (χ3v) is 3.10. The molecule has 14 heavy (non-hydrogen) atoms. The summed E-state index contributed by atoms with van der Waals surface area (Å²) in [5, 5.41) is 0. The fraction of sp³-hybridized carbons (Fsp3) is 0.917. The van der Waals surface area contributed by atoms with Crippen LogP contribution in [0.4, 0.5) is 0 Å². The number of ether oxygens (including phenoxy) is 1. The molecule has 0 spiro atoms. The minimum Gasteiger partial charge on any atom is -0.466 e. The minimum absolute atomic E-state index is 0.0157. The third-order valence-electron chi connectivity index (χ3n) is 3.10. The van der Waals surface area contributed by atoms with Gasteiger partial charge in [0, 0.05) is 0 Å². The number of hydrogen-bond acceptors (Lipinski definition) is 2. The maximum Gasteiger partial charge on any atom is 0.308 e. The van der Waals surface area contributed by atoms with Crippen molar-refractivity contribution < 1.29 is 9.53 Å². The zero-order valence-electron chi connectivity index (χ0n) is 9.42. The van der Waals surface area contributed by atoms with Crippen LogP contribution >= 0.6 is 0 Å². The average Bonchev–Trinajstić information content (AvgIpc) is 2.19. The molecule has 1 fully saturated rings. The molecule has 0 N–H and O–H groups in total. The molecule has 1 saturated carbocycles. The van der Waals surface area contributed by atoms with Crippen LogP contribution in [0.25, 0.3) is 0 Å². The first kappa shape index (κ1) is 11.5. The zero-order valence-corrected chi connectivity index (χ0v) is 9.42. The summed E-state index contributed by atoms with van der Waals surface area (Å²) in [7, 11) is 0. The van der Waals surface area contributed by atoms with Gasteiger partial charge in [0.05, 0.1) is 12.5 Å². The Hall–Kier alpha value is -0.530. The molecule has 1 aliphatic carbocycles. The number of carbonyl (C=O) groups excluding carboxylic acids is 1. The number of hydrogen-bond donors (Lipinski definition) is 0. The van der Waals surface area contributed by atoms with Gasteiger partial charge in [-0.05, 0) is 19.3 Å². The van der Waals surface area contributed by atoms with Gasteiger partial charge in [-0.25, -0.2) is 0 Å². The third kappa shape index (κ3) is 3.69. The number of rotatable bonds is 4. The Morgan fingerprint density at radius 3 is 2.57 bits per heavy atom. The van der Waals surface area contributed by atoms with E-state index in [1.165, 1.54) is 32.1 Å². The highest BCUT2D eigenvalue weighted by atomic mass is 16.5. The van der Waals surface area contributed by atoms with Crippen LogP contribution in [0.3, 0.4) is 0 Å². The van der Waals surface area contributed by atoms with Crippen molar-refractivity contribution in [1.82, 2.24) is 0 Å². The predicted octanol–water partition coefficient (Wildman–Crippen LogP) is 3.16. The number of carbonyl (C=O) groups is 1. The normalized spacial score (nSPS) is 20.4. The summed E-state index contributed by atoms with van der Waals surface area (Å²) in [6.07, 6.45) is 7.72. The first-order valence-corrected chi connectivity index (χ1v) is 5.90. The molecule has 1 aliphatic rings. The van der Waals surface area contributed by atoms with Crippen LogP contribution in [-0.2, 0) is 9.53 Å². The average molecular weight is 198 g/mol. The van der Waals surface area contributed by atoms with E-state index in [0.717, 1.165) is 12.3 Å². The Kier molecular flexibility index (Phi) is 4.99. The molecule has 0 aromatic rings. The van der Waals surface area contributed by atoms with Crippen molar-refractivity contribution in [2.24, 2.45) is 11.8 Å². The molecule has 0 amide bonds. The molecular weight excluding hydrogens is 176 g/mol. The maximum absolute atomic E-state index is 11.4. The van der Waals surface area contributed by atoms with E-state index in [1.807, 2.05) is 13.8 Å². The summed E-state index contributed by atoms with van der Waals surface area (Å²) in [6.45, 7) is 4.37. The van der Waals surface area contributed by atoms with Crippen molar-refractivity contribution in [1.29, 1.82) is 0 Å². The quantitative estimate of drug-likeness (QED) is 0.649. The van der Waals surface area contributed by atoms with E-state index in [4.69, 9.17) is 4.74 Å². The predicted molar refractivity (Wildman–Crippen MR) is 57.0 cm³/mol. The van der Waals surface area contributed by atoms with Crippen LogP contribution in [0.5, 0.6) is 0 Å². The molecule has 0 aromatic carbocycles. The van der Waals surface area contributed by atoms with E-state index < -0.39 is 0 Å². The standard InChI is InChI=1S/C12H22O2/c1-3-14-12(13)10(2)9-11-7-5-4-6-8-11/h10-11H,3-9H2,1-2H3. The van der Waals surface area contributed by atoms with Gasteiger partial charge in [-0.15, -0.1) is 0 Å². The highest BCUT2D eigenvalue weighted by Gasteiger charge is 2.21. The molecule has 0 bridgehead atoms. The molecule has 1 atom stereocenters. The van der Waals surface area contributed by atoms with Gasteiger partial charge in [-0.1, -0.05) is 39.0 Å². The molecule has 0 saturated heterocycles. The summed E-state index contributed by atoms with van der Waals surface area (Å²) >= 11 is 0. The second-order valence-electron chi connectivity index (χ2n) is 4.39. The van der Waals surface area contributed by atoms with Crippen LogP contribution in [0.1, 0.15) is 52.4 Å². The van der Waals surface area contributed by atoms with Crippen LogP contribution in [0.2, 0.25) is 0 Å². The lowest BCUT2D eigenvalue weighted by Crippen LogP contribution is -2.19. The van der Waals surface area contributed by atoms with Crippen molar-refractivity contribution in [3.63, 3.8) is 0 Å². The van der Waals surface area contributed by atoms with Gasteiger partial charge in [-0.3, -0.25) is 4.79 Å². The second-order valence-corrected chi connectivity index (χ2v) is 4.39. The molecule has 0 aliphatic heterocycles. The first-order chi connectivity index (χ1) is 6.74. The molecular formula is C12H22O2. The van der Waals surface area contributed by atoms with E-state index in [1.54, 1.807) is 0 Å². The Morgan fingerprint density at radius 2 is 2.00 bits per heavy atom. The van der Waals surface area contributed by atoms with Crippen LogP contribution in [0, 0.1) is 11.8 Å². The van der Waals surface area contributed by atoms with Crippen molar-refractivity contribution in [3.05, 3.63) is 0 Å². The summed E-state index contributed by atoms with van der Waals surface area (Å²) in [5.74, 6) is 0.847. The second kappa shape index (κ2) is 6.05. The van der Waals surface area contributed by atoms with E-state index in [9.17, 15) is 4.79 Å². The largest absolute Gasteiger partial charge is 0.466 e. The van der Waals surface area contributed by atoms with E-state index in [-0.39, 0.29) is 11.9 Å². The molecule has 82 valence electrons. The Labute approximate surface area is 87.0 Å². The van der Waals surface area contributed by atoms with Crippen molar-refractivity contribution in [3.8, 4) is 0 Å². The summed E-state index contributed by atoms with van der Waals surface area (Å²) in [5.41, 5.74) is 0. The fourth-order valence-electron chi connectivity index (χ4n) is 2.30. The first-order valence-electron chi connectivity index (χ1n) is 5.90. The van der Waals surface area contributed by atoms with Gasteiger partial charge in [0.15, 0.2) is 0 Å². The van der Waals surface area contributed by atoms with Crippen LogP contribution in [0.15, 0.2) is 0 Å². The Bertz CT molecular complexity index is 171. The van der Waals surface area contributed by atoms with Gasteiger partial charge < -0.3 is 4.74 Å². The fourth-order valence-corrected chi connectivity index (χ4v) is 2.30. The molecule has 1 rings (SSSR count). The van der Waals surface area contributed by atoms with E-state index in [0.29, 0.717) is 6.61 Å². The summed E-state index contributed by atoms with van der Waals surface area (Å²) < 4.78 is 5.01. The highest BCUT2D eigenvalue weighted by Crippen LogP contribution is 2.29.